The summed E-state index contributed by atoms with van der Waals surface area (Å²) in [5.74, 6) is -0.160. The molecule has 1 rings (SSSR count). The highest BCUT2D eigenvalue weighted by atomic mass is 19.1. The van der Waals surface area contributed by atoms with Gasteiger partial charge in [-0.1, -0.05) is 19.1 Å². The summed E-state index contributed by atoms with van der Waals surface area (Å²) in [4.78, 5) is 0. The van der Waals surface area contributed by atoms with Crippen LogP contribution in [-0.2, 0) is 6.42 Å². The lowest BCUT2D eigenvalue weighted by Crippen LogP contribution is -1.78. The zero-order valence-electron chi connectivity index (χ0n) is 5.39. The molecule has 0 fully saturated rings. The Hall–Kier alpha value is -0.850. The number of benzene rings is 1. The monoisotopic (exact) mass is 126 g/mol. The minimum Gasteiger partial charge on any atom is -0.207 e. The Morgan fingerprint density at radius 2 is 1.89 bits per heavy atom. The van der Waals surface area contributed by atoms with Gasteiger partial charge in [0.15, 0.2) is 0 Å². The average Bonchev–Trinajstić information content (AvgIpc) is 1.90. The first-order chi connectivity index (χ1) is 4.33. The highest BCUT2D eigenvalue weighted by molar-refractivity contribution is 5.15. The van der Waals surface area contributed by atoms with Crippen LogP contribution in [0.15, 0.2) is 24.3 Å². The summed E-state index contributed by atoms with van der Waals surface area (Å²) in [7, 11) is 0. The second kappa shape index (κ2) is 2.62. The van der Waals surface area contributed by atoms with Crippen LogP contribution in [0.4, 0.5) is 4.39 Å². The minimum atomic E-state index is -0.160. The summed E-state index contributed by atoms with van der Waals surface area (Å²) < 4.78 is 12.2. The van der Waals surface area contributed by atoms with Crippen molar-refractivity contribution >= 4 is 0 Å². The Kier molecular flexibility index (Phi) is 1.83. The third-order valence-electron chi connectivity index (χ3n) is 1.32. The zero-order chi connectivity index (χ0) is 6.69. The number of rotatable bonds is 1. The molecule has 0 saturated heterocycles. The number of hydrogen-bond donors (Lipinski definition) is 0. The van der Waals surface area contributed by atoms with Gasteiger partial charge < -0.3 is 0 Å². The van der Waals surface area contributed by atoms with Crippen LogP contribution in [0.3, 0.4) is 0 Å². The lowest BCUT2D eigenvalue weighted by molar-refractivity contribution is 0.627. The summed E-state index contributed by atoms with van der Waals surface area (Å²) in [6.07, 6.45) is 0.972. The predicted octanol–water partition coefficient (Wildman–Crippen LogP) is 2.63. The first kappa shape index (κ1) is 6.27. The molecule has 1 heteroatoms. The maximum Gasteiger partial charge on any atom is 0.123 e. The van der Waals surface area contributed by atoms with E-state index in [2.05, 4.69) is 0 Å². The van der Waals surface area contributed by atoms with Gasteiger partial charge in [0.25, 0.3) is 0 Å². The van der Waals surface area contributed by atoms with Crippen molar-refractivity contribution < 1.29 is 5.82 Å². The van der Waals surface area contributed by atoms with E-state index in [0.29, 0.717) is 0 Å². The molecule has 1 aromatic carbocycles. The van der Waals surface area contributed by atoms with Crippen molar-refractivity contribution in [2.24, 2.45) is 0 Å². The van der Waals surface area contributed by atoms with Gasteiger partial charge in [-0.25, -0.2) is 4.39 Å². The normalized spacial score (nSPS) is 9.56. The molecule has 1 aromatic rings. The van der Waals surface area contributed by atoms with Gasteiger partial charge in [0, 0.05) is 1.43 Å². The van der Waals surface area contributed by atoms with Crippen molar-refractivity contribution in [3.05, 3.63) is 35.6 Å². The number of hydrogen-bond acceptors (Lipinski definition) is 0. The van der Waals surface area contributed by atoms with E-state index >= 15 is 0 Å². The van der Waals surface area contributed by atoms with Crippen LogP contribution in [0.5, 0.6) is 0 Å². The van der Waals surface area contributed by atoms with Crippen molar-refractivity contribution in [2.45, 2.75) is 13.3 Å². The van der Waals surface area contributed by atoms with Crippen molar-refractivity contribution in [1.82, 2.24) is 0 Å². The summed E-state index contributed by atoms with van der Waals surface area (Å²) in [5, 5.41) is 0. The second-order valence-electron chi connectivity index (χ2n) is 1.98. The molecule has 0 radical (unpaired) electrons. The molecular weight excluding hydrogens is 115 g/mol. The summed E-state index contributed by atoms with van der Waals surface area (Å²) in [6.45, 7) is 2.05. The lowest BCUT2D eigenvalue weighted by Gasteiger charge is -1.92. The summed E-state index contributed by atoms with van der Waals surface area (Å²) in [6, 6.07) is 6.57. The molecule has 0 N–H and O–H groups in total. The zero-order valence-corrected chi connectivity index (χ0v) is 5.39. The van der Waals surface area contributed by atoms with Gasteiger partial charge >= 0.3 is 0 Å². The largest absolute Gasteiger partial charge is 0.207 e. The molecule has 0 aliphatic carbocycles. The van der Waals surface area contributed by atoms with E-state index in [-0.39, 0.29) is 7.24 Å². The van der Waals surface area contributed by atoms with Gasteiger partial charge in [-0.3, -0.25) is 0 Å². The number of halogens is 1. The Labute approximate surface area is 55.8 Å². The predicted molar refractivity (Wildman–Crippen MR) is 37.9 cm³/mol. The third-order valence-corrected chi connectivity index (χ3v) is 1.32. The van der Waals surface area contributed by atoms with Crippen LogP contribution >= 0.6 is 0 Å². The SMILES string of the molecule is CCc1ccc(F)cc1.[HH]. The molecule has 9 heavy (non-hydrogen) atoms. The van der Waals surface area contributed by atoms with Gasteiger partial charge in [-0.2, -0.15) is 0 Å². The van der Waals surface area contributed by atoms with Crippen LogP contribution in [0.1, 0.15) is 13.9 Å². The molecule has 0 aliphatic rings. The Morgan fingerprint density at radius 1 is 1.33 bits per heavy atom. The minimum absolute atomic E-state index is 0. The van der Waals surface area contributed by atoms with Gasteiger partial charge in [-0.05, 0) is 24.1 Å². The molecule has 0 heterocycles. The molecule has 0 aliphatic heterocycles. The highest BCUT2D eigenvalue weighted by Crippen LogP contribution is 2.01. The van der Waals surface area contributed by atoms with E-state index in [9.17, 15) is 4.39 Å². The van der Waals surface area contributed by atoms with Crippen molar-refractivity contribution in [2.75, 3.05) is 0 Å². The van der Waals surface area contributed by atoms with Crippen LogP contribution in [-0.4, -0.2) is 0 Å². The standard InChI is InChI=1S/C8H9F.H2/c1-2-7-3-5-8(9)6-4-7;/h3-6H,2H2,1H3;1H. The first-order valence-electron chi connectivity index (χ1n) is 3.07. The molecule has 0 bridgehead atoms. The van der Waals surface area contributed by atoms with Gasteiger partial charge in [-0.15, -0.1) is 0 Å². The Bertz CT molecular complexity index is 181. The molecule has 0 aromatic heterocycles. The molecule has 0 amide bonds. The van der Waals surface area contributed by atoms with Crippen molar-refractivity contribution in [3.63, 3.8) is 0 Å². The maximum absolute atomic E-state index is 12.2. The molecule has 0 spiro atoms. The fraction of sp³-hybridized carbons (Fsp3) is 0.250. The number of aryl methyl sites for hydroxylation is 1. The van der Waals surface area contributed by atoms with Crippen LogP contribution < -0.4 is 0 Å². The van der Waals surface area contributed by atoms with Gasteiger partial charge in [0.1, 0.15) is 5.82 Å². The summed E-state index contributed by atoms with van der Waals surface area (Å²) >= 11 is 0. The molecule has 0 unspecified atom stereocenters. The quantitative estimate of drug-likeness (QED) is 0.542. The molecule has 0 nitrogen and oxygen atoms in total. The van der Waals surface area contributed by atoms with E-state index < -0.39 is 0 Å². The smallest absolute Gasteiger partial charge is 0.123 e. The second-order valence-corrected chi connectivity index (χ2v) is 1.98. The average molecular weight is 126 g/mol. The third kappa shape index (κ3) is 1.53. The van der Waals surface area contributed by atoms with Crippen LogP contribution in [0.25, 0.3) is 0 Å². The fourth-order valence-electron chi connectivity index (χ4n) is 0.720. The molecule has 50 valence electrons. The molecular formula is C8H11F. The van der Waals surface area contributed by atoms with Crippen molar-refractivity contribution in [1.29, 1.82) is 0 Å². The molecule has 0 saturated carbocycles. The Balaban J connectivity index is 0.000000810. The summed E-state index contributed by atoms with van der Waals surface area (Å²) in [5.41, 5.74) is 1.18. The van der Waals surface area contributed by atoms with Gasteiger partial charge in [0.2, 0.25) is 0 Å². The lowest BCUT2D eigenvalue weighted by atomic mass is 10.2. The van der Waals surface area contributed by atoms with E-state index in [1.54, 1.807) is 12.1 Å². The highest BCUT2D eigenvalue weighted by Gasteiger charge is 1.87. The van der Waals surface area contributed by atoms with E-state index in [1.165, 1.54) is 17.7 Å². The fourth-order valence-corrected chi connectivity index (χ4v) is 0.720. The van der Waals surface area contributed by atoms with Crippen LogP contribution in [0, 0.1) is 5.82 Å². The van der Waals surface area contributed by atoms with Crippen LogP contribution in [0.2, 0.25) is 0 Å². The Morgan fingerprint density at radius 3 is 2.33 bits per heavy atom. The van der Waals surface area contributed by atoms with Gasteiger partial charge in [0.05, 0.1) is 0 Å². The van der Waals surface area contributed by atoms with Crippen molar-refractivity contribution in [3.8, 4) is 0 Å². The van der Waals surface area contributed by atoms with E-state index in [1.807, 2.05) is 6.92 Å². The molecule has 0 atom stereocenters. The topological polar surface area (TPSA) is 0 Å². The van der Waals surface area contributed by atoms with E-state index in [4.69, 9.17) is 0 Å². The maximum atomic E-state index is 12.2. The van der Waals surface area contributed by atoms with E-state index in [0.717, 1.165) is 6.42 Å². The first-order valence-corrected chi connectivity index (χ1v) is 3.07.